The lowest BCUT2D eigenvalue weighted by atomic mass is 10.1. The third-order valence-corrected chi connectivity index (χ3v) is 4.93. The quantitative estimate of drug-likeness (QED) is 0.820. The van der Waals surface area contributed by atoms with Crippen LogP contribution in [0.2, 0.25) is 0 Å². The lowest BCUT2D eigenvalue weighted by molar-refractivity contribution is 0.606. The van der Waals surface area contributed by atoms with Crippen molar-refractivity contribution in [2.45, 2.75) is 24.9 Å². The first-order chi connectivity index (χ1) is 9.09. The van der Waals surface area contributed by atoms with Crippen LogP contribution >= 0.6 is 0 Å². The van der Waals surface area contributed by atoms with E-state index in [1.54, 1.807) is 18.2 Å². The van der Waals surface area contributed by atoms with Crippen LogP contribution in [-0.4, -0.2) is 4.21 Å². The van der Waals surface area contributed by atoms with Gasteiger partial charge in [-0.15, -0.1) is 0 Å². The van der Waals surface area contributed by atoms with Crippen LogP contribution in [0, 0.1) is 12.7 Å². The van der Waals surface area contributed by atoms with Gasteiger partial charge >= 0.3 is 0 Å². The zero-order valence-electron chi connectivity index (χ0n) is 11.1. The van der Waals surface area contributed by atoms with E-state index >= 15 is 0 Å². The van der Waals surface area contributed by atoms with Crippen LogP contribution in [0.5, 0.6) is 0 Å². The van der Waals surface area contributed by atoms with Crippen molar-refractivity contribution in [2.75, 3.05) is 0 Å². The molecule has 2 aromatic rings. The molecule has 2 aromatic carbocycles. The molecular formula is C16H17FOS. The van der Waals surface area contributed by atoms with Crippen molar-refractivity contribution in [3.8, 4) is 0 Å². The molecule has 0 radical (unpaired) electrons. The molecule has 0 saturated heterocycles. The molecule has 100 valence electrons. The van der Waals surface area contributed by atoms with Gasteiger partial charge in [-0.3, -0.25) is 4.21 Å². The molecule has 0 aromatic heterocycles. The van der Waals surface area contributed by atoms with Gasteiger partial charge in [0, 0.05) is 22.1 Å². The molecule has 3 heteroatoms. The summed E-state index contributed by atoms with van der Waals surface area (Å²) >= 11 is 0. The van der Waals surface area contributed by atoms with Crippen LogP contribution in [0.15, 0.2) is 48.5 Å². The molecular weight excluding hydrogens is 259 g/mol. The van der Waals surface area contributed by atoms with E-state index in [1.807, 2.05) is 38.1 Å². The lowest BCUT2D eigenvalue weighted by Gasteiger charge is -2.13. The maximum atomic E-state index is 13.7. The fourth-order valence-corrected chi connectivity index (χ4v) is 3.35. The molecule has 0 heterocycles. The fraction of sp³-hybridized carbons (Fsp3) is 0.250. The normalized spacial score (nSPS) is 14.1. The van der Waals surface area contributed by atoms with Crippen LogP contribution in [0.3, 0.4) is 0 Å². The van der Waals surface area contributed by atoms with Crippen molar-refractivity contribution in [3.63, 3.8) is 0 Å². The second kappa shape index (κ2) is 6.11. The third kappa shape index (κ3) is 3.29. The molecule has 2 rings (SSSR count). The van der Waals surface area contributed by atoms with Gasteiger partial charge in [0.15, 0.2) is 0 Å². The zero-order valence-corrected chi connectivity index (χ0v) is 11.9. The highest BCUT2D eigenvalue weighted by Gasteiger charge is 2.17. The minimum absolute atomic E-state index is 0.284. The van der Waals surface area contributed by atoms with Gasteiger partial charge in [-0.05, 0) is 31.0 Å². The van der Waals surface area contributed by atoms with E-state index in [9.17, 15) is 8.60 Å². The molecule has 0 aliphatic carbocycles. The molecule has 0 aliphatic heterocycles. The van der Waals surface area contributed by atoms with Crippen LogP contribution in [0.4, 0.5) is 4.39 Å². The van der Waals surface area contributed by atoms with Crippen molar-refractivity contribution in [2.24, 2.45) is 0 Å². The van der Waals surface area contributed by atoms with Gasteiger partial charge in [0.25, 0.3) is 0 Å². The maximum absolute atomic E-state index is 13.7. The molecule has 0 unspecified atom stereocenters. The Bertz CT molecular complexity index is 595. The zero-order chi connectivity index (χ0) is 13.8. The molecule has 0 saturated carbocycles. The topological polar surface area (TPSA) is 17.1 Å². The van der Waals surface area contributed by atoms with Crippen molar-refractivity contribution in [1.29, 1.82) is 0 Å². The molecule has 0 spiro atoms. The monoisotopic (exact) mass is 276 g/mol. The number of benzene rings is 2. The van der Waals surface area contributed by atoms with Crippen molar-refractivity contribution >= 4 is 10.8 Å². The molecule has 0 aliphatic rings. The number of hydrogen-bond acceptors (Lipinski definition) is 1. The summed E-state index contributed by atoms with van der Waals surface area (Å²) in [5, 5.41) is -0.305. The van der Waals surface area contributed by atoms with E-state index in [1.165, 1.54) is 6.07 Å². The Kier molecular flexibility index (Phi) is 4.48. The van der Waals surface area contributed by atoms with Gasteiger partial charge in [0.05, 0.1) is 5.25 Å². The van der Waals surface area contributed by atoms with Gasteiger partial charge in [-0.1, -0.05) is 42.5 Å². The summed E-state index contributed by atoms with van der Waals surface area (Å²) in [7, 11) is -1.13. The molecule has 2 atom stereocenters. The number of rotatable bonds is 4. The smallest absolute Gasteiger partial charge is 0.127 e. The van der Waals surface area contributed by atoms with Crippen LogP contribution < -0.4 is 0 Å². The van der Waals surface area contributed by atoms with E-state index in [2.05, 4.69) is 0 Å². The minimum atomic E-state index is -1.13. The second-order valence-corrected chi connectivity index (χ2v) is 6.37. The van der Waals surface area contributed by atoms with E-state index in [0.29, 0.717) is 11.3 Å². The average Bonchev–Trinajstić information content (AvgIpc) is 2.41. The predicted molar refractivity (Wildman–Crippen MR) is 77.8 cm³/mol. The molecule has 0 amide bonds. The summed E-state index contributed by atoms with van der Waals surface area (Å²) in [5.74, 6) is 0.176. The van der Waals surface area contributed by atoms with Gasteiger partial charge in [0.2, 0.25) is 0 Å². The molecule has 1 nitrogen and oxygen atoms in total. The summed E-state index contributed by atoms with van der Waals surface area (Å²) in [4.78, 5) is 0. The summed E-state index contributed by atoms with van der Waals surface area (Å²) in [6.45, 7) is 3.81. The Morgan fingerprint density at radius 2 is 1.74 bits per heavy atom. The standard InChI is InChI=1S/C16H17FOS/c1-12-7-3-4-8-14(12)11-19(18)13(2)15-9-5-6-10-16(15)17/h3-10,13H,11H2,1-2H3/t13-,19+/m1/s1. The highest BCUT2D eigenvalue weighted by molar-refractivity contribution is 7.84. The molecule has 0 bridgehead atoms. The minimum Gasteiger partial charge on any atom is -0.259 e. The van der Waals surface area contributed by atoms with E-state index in [4.69, 9.17) is 0 Å². The Balaban J connectivity index is 2.17. The summed E-state index contributed by atoms with van der Waals surface area (Å²) in [5.41, 5.74) is 2.70. The average molecular weight is 276 g/mol. The van der Waals surface area contributed by atoms with Gasteiger partial charge in [0.1, 0.15) is 5.82 Å². The first-order valence-corrected chi connectivity index (χ1v) is 7.64. The van der Waals surface area contributed by atoms with Crippen LogP contribution in [0.25, 0.3) is 0 Å². The summed E-state index contributed by atoms with van der Waals surface area (Å²) in [6, 6.07) is 14.4. The highest BCUT2D eigenvalue weighted by atomic mass is 32.2. The number of halogens is 1. The van der Waals surface area contributed by atoms with E-state index in [-0.39, 0.29) is 11.1 Å². The van der Waals surface area contributed by atoms with Gasteiger partial charge in [-0.2, -0.15) is 0 Å². The summed E-state index contributed by atoms with van der Waals surface area (Å²) < 4.78 is 26.0. The number of hydrogen-bond donors (Lipinski definition) is 0. The second-order valence-electron chi connectivity index (χ2n) is 4.62. The molecule has 0 N–H and O–H groups in total. The largest absolute Gasteiger partial charge is 0.259 e. The molecule has 19 heavy (non-hydrogen) atoms. The van der Waals surface area contributed by atoms with E-state index in [0.717, 1.165) is 11.1 Å². The summed E-state index contributed by atoms with van der Waals surface area (Å²) in [6.07, 6.45) is 0. The Labute approximate surface area is 115 Å². The maximum Gasteiger partial charge on any atom is 0.127 e. The Morgan fingerprint density at radius 1 is 1.11 bits per heavy atom. The first kappa shape index (κ1) is 13.9. The van der Waals surface area contributed by atoms with E-state index < -0.39 is 10.8 Å². The molecule has 0 fully saturated rings. The predicted octanol–water partition coefficient (Wildman–Crippen LogP) is 4.14. The van der Waals surface area contributed by atoms with Gasteiger partial charge in [-0.25, -0.2) is 4.39 Å². The fourth-order valence-electron chi connectivity index (χ4n) is 2.00. The SMILES string of the molecule is Cc1ccccc1C[S@](=O)[C@H](C)c1ccccc1F. The highest BCUT2D eigenvalue weighted by Crippen LogP contribution is 2.24. The van der Waals surface area contributed by atoms with Crippen molar-refractivity contribution < 1.29 is 8.60 Å². The lowest BCUT2D eigenvalue weighted by Crippen LogP contribution is -2.08. The van der Waals surface area contributed by atoms with Crippen molar-refractivity contribution in [1.82, 2.24) is 0 Å². The van der Waals surface area contributed by atoms with Crippen molar-refractivity contribution in [3.05, 3.63) is 71.0 Å². The first-order valence-electron chi connectivity index (χ1n) is 6.25. The Morgan fingerprint density at radius 3 is 2.42 bits per heavy atom. The number of aryl methyl sites for hydroxylation is 1. The third-order valence-electron chi connectivity index (χ3n) is 3.30. The van der Waals surface area contributed by atoms with Gasteiger partial charge < -0.3 is 0 Å². The Hall–Kier alpha value is -1.48. The van der Waals surface area contributed by atoms with Crippen LogP contribution in [0.1, 0.15) is 28.9 Å². The van der Waals surface area contributed by atoms with Crippen LogP contribution in [-0.2, 0) is 16.6 Å².